The predicted octanol–water partition coefficient (Wildman–Crippen LogP) is 6.50. The van der Waals surface area contributed by atoms with Gasteiger partial charge in [-0.15, -0.1) is 0 Å². The Morgan fingerprint density at radius 3 is 2.04 bits per heavy atom. The normalized spacial score (nSPS) is 11.8. The van der Waals surface area contributed by atoms with Crippen molar-refractivity contribution in [3.8, 4) is 11.3 Å². The van der Waals surface area contributed by atoms with Gasteiger partial charge in [0.2, 0.25) is 5.69 Å². The highest BCUT2D eigenvalue weighted by Gasteiger charge is 2.21. The van der Waals surface area contributed by atoms with E-state index in [-0.39, 0.29) is 0 Å². The molecule has 1 aromatic heterocycles. The van der Waals surface area contributed by atoms with E-state index in [4.69, 9.17) is 0 Å². The summed E-state index contributed by atoms with van der Waals surface area (Å²) in [6, 6.07) is 11.7. The monoisotopic (exact) mass is 346 g/mol. The van der Waals surface area contributed by atoms with Crippen molar-refractivity contribution in [1.82, 2.24) is 0 Å². The van der Waals surface area contributed by atoms with Gasteiger partial charge >= 0.3 is 0 Å². The molecule has 3 rings (SSSR count). The van der Waals surface area contributed by atoms with Crippen LogP contribution in [-0.4, -0.2) is 0 Å². The fourth-order valence-electron chi connectivity index (χ4n) is 3.89. The maximum atomic E-state index is 2.40. The lowest BCUT2D eigenvalue weighted by atomic mass is 9.89. The number of aryl methyl sites for hydroxylation is 3. The average Bonchev–Trinajstić information content (AvgIpc) is 2.57. The summed E-state index contributed by atoms with van der Waals surface area (Å²) in [6.45, 7) is 15.8. The van der Waals surface area contributed by atoms with Crippen LogP contribution in [0.4, 0.5) is 0 Å². The Kier molecular flexibility index (Phi) is 4.92. The zero-order valence-electron chi connectivity index (χ0n) is 17.6. The number of fused-ring (bicyclic) bond motifs is 1. The van der Waals surface area contributed by atoms with Crippen LogP contribution in [0.15, 0.2) is 36.5 Å². The lowest BCUT2D eigenvalue weighted by molar-refractivity contribution is -0.659. The predicted molar refractivity (Wildman–Crippen MR) is 113 cm³/mol. The Labute approximate surface area is 158 Å². The van der Waals surface area contributed by atoms with Gasteiger partial charge in [0.25, 0.3) is 0 Å². The molecular formula is C25H32N+. The number of hydrogen-bond donors (Lipinski definition) is 0. The Hall–Kier alpha value is -2.15. The van der Waals surface area contributed by atoms with Gasteiger partial charge in [0.15, 0.2) is 6.20 Å². The minimum atomic E-state index is 0.534. The molecule has 1 heteroatoms. The Morgan fingerprint density at radius 1 is 0.769 bits per heavy atom. The molecule has 0 aliphatic carbocycles. The summed E-state index contributed by atoms with van der Waals surface area (Å²) in [5, 5.41) is 2.68. The number of pyridine rings is 1. The highest BCUT2D eigenvalue weighted by Crippen LogP contribution is 2.33. The second kappa shape index (κ2) is 6.87. The molecule has 0 saturated carbocycles. The van der Waals surface area contributed by atoms with Crippen molar-refractivity contribution < 1.29 is 4.57 Å². The fraction of sp³-hybridized carbons (Fsp3) is 0.400. The van der Waals surface area contributed by atoms with Gasteiger partial charge in [-0.1, -0.05) is 45.9 Å². The minimum absolute atomic E-state index is 0.534. The SMILES string of the molecule is Cc1cc(C(C)C)cc(-c2c(C)c3cc(C(C)C)ccc3c[n+]2C)c1C. The van der Waals surface area contributed by atoms with Crippen LogP contribution < -0.4 is 4.57 Å². The first-order chi connectivity index (χ1) is 12.2. The summed E-state index contributed by atoms with van der Waals surface area (Å²) in [4.78, 5) is 0. The Morgan fingerprint density at radius 2 is 1.42 bits per heavy atom. The summed E-state index contributed by atoms with van der Waals surface area (Å²) < 4.78 is 2.30. The number of nitrogens with zero attached hydrogens (tertiary/aromatic N) is 1. The van der Waals surface area contributed by atoms with Gasteiger partial charge in [-0.25, -0.2) is 4.57 Å². The van der Waals surface area contributed by atoms with Gasteiger partial charge < -0.3 is 0 Å². The zero-order chi connectivity index (χ0) is 19.2. The first-order valence-corrected chi connectivity index (χ1v) is 9.75. The van der Waals surface area contributed by atoms with Crippen molar-refractivity contribution in [1.29, 1.82) is 0 Å². The van der Waals surface area contributed by atoms with Crippen LogP contribution in [0.3, 0.4) is 0 Å². The number of hydrogen-bond acceptors (Lipinski definition) is 0. The molecule has 1 heterocycles. The van der Waals surface area contributed by atoms with Gasteiger partial charge in [0.1, 0.15) is 7.05 Å². The molecule has 2 aromatic carbocycles. The molecule has 0 bridgehead atoms. The van der Waals surface area contributed by atoms with Gasteiger partial charge in [0, 0.05) is 16.5 Å². The van der Waals surface area contributed by atoms with Crippen LogP contribution in [0.1, 0.15) is 67.3 Å². The second-order valence-electron chi connectivity index (χ2n) is 8.38. The molecule has 0 aliphatic rings. The molecule has 3 aromatic rings. The topological polar surface area (TPSA) is 3.88 Å². The molecule has 136 valence electrons. The van der Waals surface area contributed by atoms with Crippen LogP contribution in [0.25, 0.3) is 22.0 Å². The lowest BCUT2D eigenvalue weighted by Gasteiger charge is -2.16. The fourth-order valence-corrected chi connectivity index (χ4v) is 3.89. The van der Waals surface area contributed by atoms with Crippen molar-refractivity contribution in [2.24, 2.45) is 7.05 Å². The third-order valence-corrected chi connectivity index (χ3v) is 5.80. The van der Waals surface area contributed by atoms with E-state index in [1.165, 1.54) is 49.8 Å². The van der Waals surface area contributed by atoms with Crippen molar-refractivity contribution in [3.05, 3.63) is 64.3 Å². The maximum absolute atomic E-state index is 2.40. The van der Waals surface area contributed by atoms with Crippen LogP contribution >= 0.6 is 0 Å². The third kappa shape index (κ3) is 3.16. The van der Waals surface area contributed by atoms with Crippen molar-refractivity contribution in [3.63, 3.8) is 0 Å². The molecular weight excluding hydrogens is 314 g/mol. The van der Waals surface area contributed by atoms with Crippen molar-refractivity contribution in [2.45, 2.75) is 60.3 Å². The highest BCUT2D eigenvalue weighted by atomic mass is 14.9. The van der Waals surface area contributed by atoms with E-state index in [1.54, 1.807) is 0 Å². The van der Waals surface area contributed by atoms with E-state index in [1.807, 2.05) is 0 Å². The molecule has 0 unspecified atom stereocenters. The lowest BCUT2D eigenvalue weighted by Crippen LogP contribution is -2.32. The Bertz CT molecular complexity index is 977. The van der Waals surface area contributed by atoms with Crippen LogP contribution in [0, 0.1) is 20.8 Å². The van der Waals surface area contributed by atoms with Gasteiger partial charge in [-0.05, 0) is 72.4 Å². The zero-order valence-corrected chi connectivity index (χ0v) is 17.6. The highest BCUT2D eigenvalue weighted by molar-refractivity contribution is 5.89. The van der Waals surface area contributed by atoms with E-state index >= 15 is 0 Å². The third-order valence-electron chi connectivity index (χ3n) is 5.80. The molecule has 0 amide bonds. The standard InChI is InChI=1S/C25H32N/c1-15(2)20-9-10-21-14-26(8)25(19(7)23(21)12-20)24-13-22(16(3)4)11-17(5)18(24)6/h9-16H,1-8H3/q+1. The van der Waals surface area contributed by atoms with Crippen LogP contribution in [0.2, 0.25) is 0 Å². The van der Waals surface area contributed by atoms with Crippen molar-refractivity contribution in [2.75, 3.05) is 0 Å². The molecule has 0 fully saturated rings. The molecule has 0 N–H and O–H groups in total. The van der Waals surface area contributed by atoms with E-state index in [0.717, 1.165) is 0 Å². The number of rotatable bonds is 3. The van der Waals surface area contributed by atoms with Gasteiger partial charge in [-0.3, -0.25) is 0 Å². The second-order valence-corrected chi connectivity index (χ2v) is 8.38. The average molecular weight is 347 g/mol. The van der Waals surface area contributed by atoms with Gasteiger partial charge in [0.05, 0.1) is 0 Å². The minimum Gasteiger partial charge on any atom is -0.200 e. The first kappa shape index (κ1) is 18.6. The maximum Gasteiger partial charge on any atom is 0.216 e. The quantitative estimate of drug-likeness (QED) is 0.476. The Balaban J connectivity index is 2.35. The summed E-state index contributed by atoms with van der Waals surface area (Å²) in [6.07, 6.45) is 2.28. The number of benzene rings is 2. The molecule has 26 heavy (non-hydrogen) atoms. The molecule has 0 aliphatic heterocycles. The molecule has 0 saturated heterocycles. The molecule has 0 atom stereocenters. The summed E-state index contributed by atoms with van der Waals surface area (Å²) in [5.41, 5.74) is 9.65. The molecule has 0 radical (unpaired) electrons. The summed E-state index contributed by atoms with van der Waals surface area (Å²) in [7, 11) is 2.18. The number of aromatic nitrogens is 1. The summed E-state index contributed by atoms with van der Waals surface area (Å²) in [5.74, 6) is 1.08. The summed E-state index contributed by atoms with van der Waals surface area (Å²) >= 11 is 0. The van der Waals surface area contributed by atoms with Gasteiger partial charge in [-0.2, -0.15) is 0 Å². The van der Waals surface area contributed by atoms with E-state index in [9.17, 15) is 0 Å². The molecule has 0 spiro atoms. The van der Waals surface area contributed by atoms with E-state index < -0.39 is 0 Å². The van der Waals surface area contributed by atoms with E-state index in [0.29, 0.717) is 11.8 Å². The van der Waals surface area contributed by atoms with E-state index in [2.05, 4.69) is 96.6 Å². The smallest absolute Gasteiger partial charge is 0.200 e. The molecule has 1 nitrogen and oxygen atoms in total. The van der Waals surface area contributed by atoms with Crippen molar-refractivity contribution >= 4 is 10.8 Å². The largest absolute Gasteiger partial charge is 0.216 e. The van der Waals surface area contributed by atoms with Crippen LogP contribution in [-0.2, 0) is 7.05 Å². The first-order valence-electron chi connectivity index (χ1n) is 9.75. The van der Waals surface area contributed by atoms with Crippen LogP contribution in [0.5, 0.6) is 0 Å².